The van der Waals surface area contributed by atoms with Crippen LogP contribution in [-0.4, -0.2) is 42.0 Å². The molecule has 1 unspecified atom stereocenters. The van der Waals surface area contributed by atoms with Gasteiger partial charge in [0.15, 0.2) is 0 Å². The molecule has 0 saturated heterocycles. The van der Waals surface area contributed by atoms with E-state index in [9.17, 15) is 18.3 Å². The third-order valence-corrected chi connectivity index (χ3v) is 6.39. The highest BCUT2D eigenvalue weighted by molar-refractivity contribution is 7.89. The molecule has 132 valence electrons. The van der Waals surface area contributed by atoms with Gasteiger partial charge in [-0.25, -0.2) is 13.2 Å². The molecule has 2 aromatic rings. The summed E-state index contributed by atoms with van der Waals surface area (Å²) in [5.41, 5.74) is 1.96. The second kappa shape index (κ2) is 6.50. The fraction of sp³-hybridized carbons (Fsp3) is 0.278. The van der Waals surface area contributed by atoms with Crippen LogP contribution in [0, 0.1) is 0 Å². The highest BCUT2D eigenvalue weighted by Crippen LogP contribution is 2.30. The number of carbonyl (C=O) groups is 1. The van der Waals surface area contributed by atoms with Gasteiger partial charge in [-0.1, -0.05) is 31.2 Å². The smallest absolute Gasteiger partial charge is 0.339 e. The van der Waals surface area contributed by atoms with E-state index in [1.165, 1.54) is 10.4 Å². The van der Waals surface area contributed by atoms with E-state index in [0.717, 1.165) is 23.3 Å². The molecule has 0 spiro atoms. The molecule has 6 nitrogen and oxygen atoms in total. The number of hydrogen-bond acceptors (Lipinski definition) is 4. The van der Waals surface area contributed by atoms with Crippen molar-refractivity contribution in [1.29, 1.82) is 0 Å². The molecule has 0 fully saturated rings. The van der Waals surface area contributed by atoms with Crippen molar-refractivity contribution in [2.24, 2.45) is 0 Å². The van der Waals surface area contributed by atoms with Crippen LogP contribution in [0.3, 0.4) is 0 Å². The minimum absolute atomic E-state index is 0.0420. The Morgan fingerprint density at radius 3 is 2.60 bits per heavy atom. The predicted molar refractivity (Wildman–Crippen MR) is 92.4 cm³/mol. The maximum atomic E-state index is 12.9. The lowest BCUT2D eigenvalue weighted by molar-refractivity contribution is 0.0693. The fourth-order valence-corrected chi connectivity index (χ4v) is 4.75. The molecule has 0 radical (unpaired) electrons. The van der Waals surface area contributed by atoms with Crippen LogP contribution >= 0.6 is 0 Å². The van der Waals surface area contributed by atoms with Crippen LogP contribution in [0.15, 0.2) is 47.4 Å². The Morgan fingerprint density at radius 1 is 1.20 bits per heavy atom. The number of aromatic carboxylic acids is 1. The van der Waals surface area contributed by atoms with E-state index < -0.39 is 21.7 Å². The fourth-order valence-electron chi connectivity index (χ4n) is 3.20. The molecule has 1 aliphatic heterocycles. The van der Waals surface area contributed by atoms with Crippen LogP contribution in [0.1, 0.15) is 34.3 Å². The Bertz CT molecular complexity index is 923. The van der Waals surface area contributed by atoms with Crippen molar-refractivity contribution in [3.05, 3.63) is 59.2 Å². The Balaban J connectivity index is 1.93. The second-order valence-electron chi connectivity index (χ2n) is 6.20. The van der Waals surface area contributed by atoms with E-state index in [1.807, 2.05) is 31.2 Å². The minimum Gasteiger partial charge on any atom is -0.507 e. The molecule has 0 aliphatic carbocycles. The van der Waals surface area contributed by atoms with Gasteiger partial charge < -0.3 is 10.2 Å². The van der Waals surface area contributed by atoms with Crippen LogP contribution in [0.25, 0.3) is 0 Å². The summed E-state index contributed by atoms with van der Waals surface area (Å²) in [6.45, 7) is 2.66. The Labute approximate surface area is 146 Å². The molecular formula is C18H19NO5S. The van der Waals surface area contributed by atoms with Crippen molar-refractivity contribution in [2.45, 2.75) is 24.2 Å². The molecule has 1 heterocycles. The van der Waals surface area contributed by atoms with Crippen molar-refractivity contribution >= 4 is 16.0 Å². The Hall–Kier alpha value is -2.38. The van der Waals surface area contributed by atoms with Crippen LogP contribution in [0.5, 0.6) is 5.75 Å². The first-order valence-electron chi connectivity index (χ1n) is 7.95. The molecule has 0 bridgehead atoms. The largest absolute Gasteiger partial charge is 0.507 e. The van der Waals surface area contributed by atoms with Gasteiger partial charge in [0.25, 0.3) is 0 Å². The third-order valence-electron chi connectivity index (χ3n) is 4.53. The van der Waals surface area contributed by atoms with Crippen molar-refractivity contribution in [1.82, 2.24) is 4.31 Å². The molecule has 0 amide bonds. The summed E-state index contributed by atoms with van der Waals surface area (Å²) < 4.78 is 27.3. The molecule has 25 heavy (non-hydrogen) atoms. The predicted octanol–water partition coefficient (Wildman–Crippen LogP) is 2.44. The van der Waals surface area contributed by atoms with Gasteiger partial charge in [0, 0.05) is 19.2 Å². The normalized spacial score (nSPS) is 18.4. The number of carboxylic acids is 1. The molecule has 2 N–H and O–H groups in total. The van der Waals surface area contributed by atoms with Crippen molar-refractivity contribution < 1.29 is 23.4 Å². The van der Waals surface area contributed by atoms with E-state index in [4.69, 9.17) is 5.11 Å². The summed E-state index contributed by atoms with van der Waals surface area (Å²) in [6.07, 6.45) is 0.610. The molecule has 1 atom stereocenters. The lowest BCUT2D eigenvalue weighted by Gasteiger charge is -2.22. The van der Waals surface area contributed by atoms with Crippen molar-refractivity contribution in [3.8, 4) is 5.75 Å². The van der Waals surface area contributed by atoms with Crippen LogP contribution in [-0.2, 0) is 16.4 Å². The number of benzene rings is 2. The number of hydrogen-bond donors (Lipinski definition) is 2. The first-order chi connectivity index (χ1) is 11.8. The molecule has 2 aromatic carbocycles. The zero-order valence-corrected chi connectivity index (χ0v) is 14.5. The Morgan fingerprint density at radius 2 is 1.92 bits per heavy atom. The lowest BCUT2D eigenvalue weighted by Crippen LogP contribution is -2.34. The second-order valence-corrected chi connectivity index (χ2v) is 8.13. The van der Waals surface area contributed by atoms with E-state index in [-0.39, 0.29) is 16.4 Å². The van der Waals surface area contributed by atoms with E-state index in [0.29, 0.717) is 19.5 Å². The number of carboxylic acid groups (broad SMARTS) is 1. The molecule has 0 saturated carbocycles. The highest BCUT2D eigenvalue weighted by Gasteiger charge is 2.30. The monoisotopic (exact) mass is 361 g/mol. The first kappa shape index (κ1) is 17.4. The van der Waals surface area contributed by atoms with E-state index in [1.54, 1.807) is 0 Å². The lowest BCUT2D eigenvalue weighted by atomic mass is 9.96. The van der Waals surface area contributed by atoms with Gasteiger partial charge in [-0.05, 0) is 35.6 Å². The van der Waals surface area contributed by atoms with Crippen molar-refractivity contribution in [3.63, 3.8) is 0 Å². The first-order valence-corrected chi connectivity index (χ1v) is 9.39. The zero-order valence-electron chi connectivity index (χ0n) is 13.7. The number of phenols is 1. The summed E-state index contributed by atoms with van der Waals surface area (Å²) in [6, 6.07) is 11.3. The summed E-state index contributed by atoms with van der Waals surface area (Å²) in [4.78, 5) is 10.9. The van der Waals surface area contributed by atoms with Gasteiger partial charge in [-0.3, -0.25) is 0 Å². The van der Waals surface area contributed by atoms with Gasteiger partial charge in [-0.2, -0.15) is 4.31 Å². The van der Waals surface area contributed by atoms with Crippen LogP contribution in [0.2, 0.25) is 0 Å². The van der Waals surface area contributed by atoms with Crippen LogP contribution < -0.4 is 0 Å². The Kier molecular flexibility index (Phi) is 4.53. The molecular weight excluding hydrogens is 342 g/mol. The summed E-state index contributed by atoms with van der Waals surface area (Å²) in [5.74, 6) is -1.82. The van der Waals surface area contributed by atoms with Gasteiger partial charge in [0.05, 0.1) is 4.90 Å². The summed E-state index contributed by atoms with van der Waals surface area (Å²) in [7, 11) is -3.82. The minimum atomic E-state index is -3.82. The standard InChI is InChI=1S/C18H19NO5S/c1-12-11-19(9-8-13-4-2-3-5-15(12)13)25(23,24)14-6-7-16(18(21)22)17(20)10-14/h2-7,10,12,20H,8-9,11H2,1H3,(H,21,22). The maximum Gasteiger partial charge on any atom is 0.339 e. The molecule has 0 aromatic heterocycles. The molecule has 1 aliphatic rings. The quantitative estimate of drug-likeness (QED) is 0.875. The van der Waals surface area contributed by atoms with Gasteiger partial charge in [0.1, 0.15) is 11.3 Å². The topological polar surface area (TPSA) is 94.9 Å². The zero-order chi connectivity index (χ0) is 18.2. The van der Waals surface area contributed by atoms with Crippen LogP contribution in [0.4, 0.5) is 0 Å². The number of sulfonamides is 1. The average Bonchev–Trinajstić information content (AvgIpc) is 2.74. The number of rotatable bonds is 3. The summed E-state index contributed by atoms with van der Waals surface area (Å²) >= 11 is 0. The number of nitrogens with zero attached hydrogens (tertiary/aromatic N) is 1. The van der Waals surface area contributed by atoms with E-state index >= 15 is 0 Å². The SMILES string of the molecule is CC1CN(S(=O)(=O)c2ccc(C(=O)O)c(O)c2)CCc2ccccc21. The number of aromatic hydroxyl groups is 1. The summed E-state index contributed by atoms with van der Waals surface area (Å²) in [5, 5.41) is 18.8. The maximum absolute atomic E-state index is 12.9. The van der Waals surface area contributed by atoms with Gasteiger partial charge in [-0.15, -0.1) is 0 Å². The third kappa shape index (κ3) is 3.25. The van der Waals surface area contributed by atoms with Gasteiger partial charge >= 0.3 is 5.97 Å². The molecule has 3 rings (SSSR count). The highest BCUT2D eigenvalue weighted by atomic mass is 32.2. The number of fused-ring (bicyclic) bond motifs is 1. The van der Waals surface area contributed by atoms with Crippen molar-refractivity contribution in [2.75, 3.05) is 13.1 Å². The van der Waals surface area contributed by atoms with Gasteiger partial charge in [0.2, 0.25) is 10.0 Å². The van der Waals surface area contributed by atoms with E-state index in [2.05, 4.69) is 0 Å². The molecule has 7 heteroatoms. The average molecular weight is 361 g/mol.